The number of aryl methyl sites for hydroxylation is 2. The number of methoxy groups -OCH3 is 3. The number of hydrogen-bond donors (Lipinski definition) is 2. The van der Waals surface area contributed by atoms with E-state index in [1.807, 2.05) is 39.0 Å². The van der Waals surface area contributed by atoms with Crippen LogP contribution in [0, 0.1) is 36.5 Å². The van der Waals surface area contributed by atoms with Crippen molar-refractivity contribution < 1.29 is 19.0 Å². The summed E-state index contributed by atoms with van der Waals surface area (Å²) in [6.07, 6.45) is 0.466. The van der Waals surface area contributed by atoms with E-state index in [2.05, 4.69) is 22.4 Å². The summed E-state index contributed by atoms with van der Waals surface area (Å²) in [5.41, 5.74) is 9.83. The fourth-order valence-corrected chi connectivity index (χ4v) is 5.14. The van der Waals surface area contributed by atoms with Crippen molar-refractivity contribution in [3.8, 4) is 40.5 Å². The lowest BCUT2D eigenvalue weighted by molar-refractivity contribution is -0.115. The van der Waals surface area contributed by atoms with Gasteiger partial charge in [-0.3, -0.25) is 4.79 Å². The number of anilines is 2. The summed E-state index contributed by atoms with van der Waals surface area (Å²) in [6.45, 7) is 5.79. The number of pyridine rings is 1. The Kier molecular flexibility index (Phi) is 9.06. The van der Waals surface area contributed by atoms with Gasteiger partial charge in [0.1, 0.15) is 28.5 Å². The lowest BCUT2D eigenvalue weighted by Crippen LogP contribution is -2.25. The minimum absolute atomic E-state index is 0.0351. The van der Waals surface area contributed by atoms with Crippen molar-refractivity contribution >= 4 is 29.2 Å². The molecule has 0 bridgehead atoms. The topological polar surface area (TPSA) is 143 Å². The average molecular weight is 532 g/mol. The van der Waals surface area contributed by atoms with E-state index in [1.54, 1.807) is 12.1 Å². The lowest BCUT2D eigenvalue weighted by Gasteiger charge is -2.19. The number of rotatable bonds is 9. The van der Waals surface area contributed by atoms with Crippen molar-refractivity contribution in [2.24, 2.45) is 0 Å². The molecule has 0 fully saturated rings. The van der Waals surface area contributed by atoms with Gasteiger partial charge in [-0.1, -0.05) is 24.8 Å². The van der Waals surface area contributed by atoms with Gasteiger partial charge in [-0.25, -0.2) is 4.98 Å². The number of nitriles is 2. The Morgan fingerprint density at radius 3 is 2.05 bits per heavy atom. The van der Waals surface area contributed by atoms with Crippen LogP contribution in [0.3, 0.4) is 0 Å². The van der Waals surface area contributed by atoms with Gasteiger partial charge in [-0.15, -0.1) is 0 Å². The number of nitrogens with two attached hydrogens (primary N) is 1. The Balaban J connectivity index is 2.12. The molecule has 3 N–H and O–H groups in total. The predicted molar refractivity (Wildman–Crippen MR) is 148 cm³/mol. The van der Waals surface area contributed by atoms with Gasteiger partial charge in [0.15, 0.2) is 11.5 Å². The highest BCUT2D eigenvalue weighted by Crippen LogP contribution is 2.44. The van der Waals surface area contributed by atoms with Gasteiger partial charge in [0, 0.05) is 11.3 Å². The Labute approximate surface area is 226 Å². The molecule has 0 aliphatic carbocycles. The molecule has 3 aromatic rings. The smallest absolute Gasteiger partial charge is 0.237 e. The van der Waals surface area contributed by atoms with E-state index in [-0.39, 0.29) is 33.4 Å². The summed E-state index contributed by atoms with van der Waals surface area (Å²) < 4.78 is 16.3. The highest BCUT2D eigenvalue weighted by molar-refractivity contribution is 8.00. The fraction of sp³-hybridized carbons (Fsp3) is 0.286. The van der Waals surface area contributed by atoms with E-state index in [1.165, 1.54) is 21.3 Å². The minimum atomic E-state index is -0.574. The van der Waals surface area contributed by atoms with Crippen LogP contribution in [0.4, 0.5) is 11.5 Å². The molecule has 196 valence electrons. The molecular formula is C28H29N5O4S. The number of carbonyl (C=O) groups is 1. The molecule has 1 atom stereocenters. The largest absolute Gasteiger partial charge is 0.493 e. The third kappa shape index (κ3) is 5.77. The van der Waals surface area contributed by atoms with Crippen molar-refractivity contribution in [1.29, 1.82) is 10.5 Å². The number of nitrogens with one attached hydrogen (secondary N) is 1. The van der Waals surface area contributed by atoms with Gasteiger partial charge < -0.3 is 25.3 Å². The summed E-state index contributed by atoms with van der Waals surface area (Å²) in [6, 6.07) is 13.3. The first-order valence-corrected chi connectivity index (χ1v) is 12.6. The van der Waals surface area contributed by atoms with Gasteiger partial charge in [-0.2, -0.15) is 10.5 Å². The van der Waals surface area contributed by atoms with Crippen molar-refractivity contribution in [2.75, 3.05) is 32.4 Å². The van der Waals surface area contributed by atoms with Crippen LogP contribution in [0.1, 0.15) is 35.6 Å². The molecule has 1 aromatic heterocycles. The summed E-state index contributed by atoms with van der Waals surface area (Å²) in [7, 11) is 4.42. The van der Waals surface area contributed by atoms with Crippen LogP contribution < -0.4 is 25.3 Å². The second-order valence-electron chi connectivity index (χ2n) is 8.45. The van der Waals surface area contributed by atoms with Crippen LogP contribution in [-0.2, 0) is 4.79 Å². The van der Waals surface area contributed by atoms with E-state index >= 15 is 0 Å². The van der Waals surface area contributed by atoms with Crippen molar-refractivity contribution in [1.82, 2.24) is 4.98 Å². The number of thioether (sulfide) groups is 1. The third-order valence-corrected chi connectivity index (χ3v) is 7.13. The third-order valence-electron chi connectivity index (χ3n) is 5.78. The van der Waals surface area contributed by atoms with E-state index in [0.29, 0.717) is 34.9 Å². The number of nitrogen functional groups attached to an aromatic ring is 1. The Morgan fingerprint density at radius 1 is 1.00 bits per heavy atom. The second-order valence-corrected chi connectivity index (χ2v) is 9.64. The van der Waals surface area contributed by atoms with Crippen LogP contribution in [0.2, 0.25) is 0 Å². The first-order chi connectivity index (χ1) is 18.2. The molecule has 1 amide bonds. The van der Waals surface area contributed by atoms with Crippen LogP contribution in [0.5, 0.6) is 17.2 Å². The zero-order valence-corrected chi connectivity index (χ0v) is 22.9. The molecule has 0 aliphatic rings. The Bertz CT molecular complexity index is 1410. The predicted octanol–water partition coefficient (Wildman–Crippen LogP) is 5.23. The van der Waals surface area contributed by atoms with Crippen LogP contribution in [0.25, 0.3) is 11.1 Å². The van der Waals surface area contributed by atoms with Gasteiger partial charge >= 0.3 is 0 Å². The second kappa shape index (κ2) is 12.2. The maximum absolute atomic E-state index is 13.2. The van der Waals surface area contributed by atoms with Crippen molar-refractivity contribution in [3.05, 3.63) is 52.6 Å². The van der Waals surface area contributed by atoms with E-state index in [0.717, 1.165) is 22.9 Å². The zero-order valence-electron chi connectivity index (χ0n) is 22.1. The molecule has 3 rings (SSSR count). The highest BCUT2D eigenvalue weighted by atomic mass is 32.2. The molecule has 0 saturated heterocycles. The molecule has 0 radical (unpaired) electrons. The number of benzene rings is 2. The number of nitrogens with zero attached hydrogens (tertiary/aromatic N) is 3. The highest BCUT2D eigenvalue weighted by Gasteiger charge is 2.27. The quantitative estimate of drug-likeness (QED) is 0.355. The summed E-state index contributed by atoms with van der Waals surface area (Å²) >= 11 is 1.12. The zero-order chi connectivity index (χ0) is 28.0. The summed E-state index contributed by atoms with van der Waals surface area (Å²) in [5.74, 6) is 0.770. The maximum atomic E-state index is 13.2. The number of hydrogen-bond acceptors (Lipinski definition) is 9. The fourth-order valence-electron chi connectivity index (χ4n) is 4.12. The molecular weight excluding hydrogens is 502 g/mol. The number of amides is 1. The summed E-state index contributed by atoms with van der Waals surface area (Å²) in [5, 5.41) is 22.7. The molecule has 0 saturated carbocycles. The molecule has 0 aliphatic heterocycles. The van der Waals surface area contributed by atoms with Crippen molar-refractivity contribution in [2.45, 2.75) is 37.5 Å². The molecule has 1 unspecified atom stereocenters. The van der Waals surface area contributed by atoms with E-state index < -0.39 is 5.25 Å². The van der Waals surface area contributed by atoms with Crippen LogP contribution in [0.15, 0.2) is 35.4 Å². The van der Waals surface area contributed by atoms with Gasteiger partial charge in [0.25, 0.3) is 0 Å². The Morgan fingerprint density at radius 2 is 1.58 bits per heavy atom. The number of ether oxygens (including phenoxy) is 3. The maximum Gasteiger partial charge on any atom is 0.237 e. The molecule has 10 heteroatoms. The molecule has 9 nitrogen and oxygen atoms in total. The van der Waals surface area contributed by atoms with E-state index in [9.17, 15) is 15.3 Å². The normalized spacial score (nSPS) is 11.2. The van der Waals surface area contributed by atoms with Gasteiger partial charge in [-0.05, 0) is 61.2 Å². The number of carbonyl (C=O) groups excluding carboxylic acids is 1. The van der Waals surface area contributed by atoms with Crippen LogP contribution >= 0.6 is 11.8 Å². The first-order valence-electron chi connectivity index (χ1n) is 11.7. The van der Waals surface area contributed by atoms with Gasteiger partial charge in [0.05, 0.1) is 32.1 Å². The Hall–Kier alpha value is -4.41. The SMILES string of the molecule is CCC(Sc1nc(N)c(C#N)c(-c2cc(OC)c(OC)c(OC)c2)c1C#N)C(=O)Nc1cc(C)cc(C)c1. The molecule has 1 heterocycles. The lowest BCUT2D eigenvalue weighted by atomic mass is 9.96. The van der Waals surface area contributed by atoms with E-state index in [4.69, 9.17) is 19.9 Å². The molecule has 38 heavy (non-hydrogen) atoms. The number of aromatic nitrogens is 1. The standard InChI is InChI=1S/C28H29N5O4S/c1-7-23(27(34)32-18-9-15(2)8-16(3)10-18)38-28-20(14-30)24(19(13-29)26(31)33-28)17-11-21(35-4)25(37-6)22(12-17)36-5/h8-12,23H,7H2,1-6H3,(H2,31,33)(H,32,34). The average Bonchev–Trinajstić information content (AvgIpc) is 2.89. The summed E-state index contributed by atoms with van der Waals surface area (Å²) in [4.78, 5) is 17.6. The molecule has 2 aromatic carbocycles. The first kappa shape index (κ1) is 28.2. The van der Waals surface area contributed by atoms with Gasteiger partial charge in [0.2, 0.25) is 11.7 Å². The monoisotopic (exact) mass is 531 g/mol. The molecule has 0 spiro atoms. The van der Waals surface area contributed by atoms with Crippen LogP contribution in [-0.4, -0.2) is 37.5 Å². The van der Waals surface area contributed by atoms with Crippen molar-refractivity contribution in [3.63, 3.8) is 0 Å². The minimum Gasteiger partial charge on any atom is -0.493 e.